The molecule has 7 nitrogen and oxygen atoms in total. The number of carbonyl (C=O) groups excluding carboxylic acids is 1. The van der Waals surface area contributed by atoms with Crippen LogP contribution < -0.4 is 19.1 Å². The molecule has 3 rings (SSSR count). The molecule has 0 aliphatic carbocycles. The number of amides is 1. The second-order valence-electron chi connectivity index (χ2n) is 6.84. The Morgan fingerprint density at radius 1 is 1.17 bits per heavy atom. The van der Waals surface area contributed by atoms with Crippen LogP contribution in [-0.4, -0.2) is 46.4 Å². The molecule has 1 aliphatic heterocycles. The van der Waals surface area contributed by atoms with Crippen LogP contribution in [0, 0.1) is 11.6 Å². The standard InChI is InChI=1S/C20H22F2N2O5S/c1-30(26,27)24(14-8-9-16(21)17(22)11-14)10-4-7-20(25)23-12-15-13-28-18-5-2-3-6-19(18)29-15/h2-3,5-6,8-9,11,15H,4,7,10,12-13H2,1H3,(H,23,25). The number of carbonyl (C=O) groups is 1. The van der Waals surface area contributed by atoms with Gasteiger partial charge < -0.3 is 14.8 Å². The summed E-state index contributed by atoms with van der Waals surface area (Å²) >= 11 is 0. The predicted molar refractivity (Wildman–Crippen MR) is 107 cm³/mol. The lowest BCUT2D eigenvalue weighted by molar-refractivity contribution is -0.121. The molecule has 0 radical (unpaired) electrons. The van der Waals surface area contributed by atoms with Crippen LogP contribution in [0.2, 0.25) is 0 Å². The number of anilines is 1. The summed E-state index contributed by atoms with van der Waals surface area (Å²) in [5.41, 5.74) is 0.00299. The highest BCUT2D eigenvalue weighted by atomic mass is 32.2. The minimum absolute atomic E-state index is 0.00299. The number of sulfonamides is 1. The minimum Gasteiger partial charge on any atom is -0.486 e. The molecule has 10 heteroatoms. The number of para-hydroxylation sites is 2. The summed E-state index contributed by atoms with van der Waals surface area (Å²) in [5, 5.41) is 2.73. The minimum atomic E-state index is -3.73. The Balaban J connectivity index is 1.48. The van der Waals surface area contributed by atoms with E-state index in [9.17, 15) is 22.0 Å². The van der Waals surface area contributed by atoms with Gasteiger partial charge in [-0.1, -0.05) is 12.1 Å². The van der Waals surface area contributed by atoms with Crippen molar-refractivity contribution in [1.82, 2.24) is 5.32 Å². The van der Waals surface area contributed by atoms with Crippen LogP contribution in [0.25, 0.3) is 0 Å². The number of hydrogen-bond acceptors (Lipinski definition) is 5. The van der Waals surface area contributed by atoms with Crippen LogP contribution in [0.4, 0.5) is 14.5 Å². The fourth-order valence-corrected chi connectivity index (χ4v) is 3.95. The Kier molecular flexibility index (Phi) is 6.76. The third kappa shape index (κ3) is 5.59. The van der Waals surface area contributed by atoms with Crippen molar-refractivity contribution >= 4 is 21.6 Å². The highest BCUT2D eigenvalue weighted by Crippen LogP contribution is 2.30. The van der Waals surface area contributed by atoms with E-state index in [4.69, 9.17) is 9.47 Å². The Labute approximate surface area is 173 Å². The summed E-state index contributed by atoms with van der Waals surface area (Å²) in [7, 11) is -3.73. The average molecular weight is 440 g/mol. The van der Waals surface area contributed by atoms with Crippen molar-refractivity contribution in [2.45, 2.75) is 18.9 Å². The zero-order valence-electron chi connectivity index (χ0n) is 16.3. The molecule has 0 saturated heterocycles. The number of ether oxygens (including phenoxy) is 2. The van der Waals surface area contributed by atoms with E-state index in [0.717, 1.165) is 22.7 Å². The van der Waals surface area contributed by atoms with Gasteiger partial charge in [-0.25, -0.2) is 17.2 Å². The number of benzene rings is 2. The first-order chi connectivity index (χ1) is 14.2. The molecule has 0 saturated carbocycles. The Morgan fingerprint density at radius 2 is 1.90 bits per heavy atom. The topological polar surface area (TPSA) is 84.9 Å². The lowest BCUT2D eigenvalue weighted by atomic mass is 10.2. The van der Waals surface area contributed by atoms with Gasteiger partial charge in [-0.15, -0.1) is 0 Å². The molecule has 1 N–H and O–H groups in total. The summed E-state index contributed by atoms with van der Waals surface area (Å²) in [6, 6.07) is 10.1. The highest BCUT2D eigenvalue weighted by Gasteiger charge is 2.22. The monoisotopic (exact) mass is 440 g/mol. The Morgan fingerprint density at radius 3 is 2.60 bits per heavy atom. The number of halogens is 2. The molecule has 0 spiro atoms. The number of nitrogens with zero attached hydrogens (tertiary/aromatic N) is 1. The molecule has 162 valence electrons. The Bertz CT molecular complexity index is 1020. The molecule has 1 unspecified atom stereocenters. The smallest absolute Gasteiger partial charge is 0.232 e. The molecule has 0 fully saturated rings. The van der Waals surface area contributed by atoms with Crippen molar-refractivity contribution in [3.05, 3.63) is 54.1 Å². The van der Waals surface area contributed by atoms with Crippen LogP contribution in [0.3, 0.4) is 0 Å². The van der Waals surface area contributed by atoms with Gasteiger partial charge in [0.05, 0.1) is 18.5 Å². The summed E-state index contributed by atoms with van der Waals surface area (Å²) in [5.74, 6) is -1.23. The van der Waals surface area contributed by atoms with E-state index in [1.54, 1.807) is 12.1 Å². The number of hydrogen-bond donors (Lipinski definition) is 1. The number of nitrogens with one attached hydrogen (secondary N) is 1. The number of rotatable bonds is 8. The van der Waals surface area contributed by atoms with E-state index in [2.05, 4.69) is 5.32 Å². The van der Waals surface area contributed by atoms with Gasteiger partial charge in [0.25, 0.3) is 0 Å². The van der Waals surface area contributed by atoms with Gasteiger partial charge in [0.2, 0.25) is 15.9 Å². The first kappa shape index (κ1) is 21.8. The van der Waals surface area contributed by atoms with E-state index in [1.807, 2.05) is 12.1 Å². The summed E-state index contributed by atoms with van der Waals surface area (Å²) in [6.45, 7) is 0.495. The summed E-state index contributed by atoms with van der Waals surface area (Å²) < 4.78 is 62.9. The number of fused-ring (bicyclic) bond motifs is 1. The molecule has 2 aromatic carbocycles. The predicted octanol–water partition coefficient (Wildman–Crippen LogP) is 2.47. The molecule has 1 atom stereocenters. The maximum atomic E-state index is 13.5. The quantitative estimate of drug-likeness (QED) is 0.682. The zero-order valence-corrected chi connectivity index (χ0v) is 17.1. The van der Waals surface area contributed by atoms with Crippen molar-refractivity contribution in [2.75, 3.05) is 30.3 Å². The van der Waals surface area contributed by atoms with E-state index >= 15 is 0 Å². The fraction of sp³-hybridized carbons (Fsp3) is 0.350. The lowest BCUT2D eigenvalue weighted by Crippen LogP contribution is -2.41. The maximum Gasteiger partial charge on any atom is 0.232 e. The molecule has 1 heterocycles. The Hall–Kier alpha value is -2.88. The first-order valence-corrected chi connectivity index (χ1v) is 11.2. The van der Waals surface area contributed by atoms with Crippen LogP contribution in [0.1, 0.15) is 12.8 Å². The van der Waals surface area contributed by atoms with Crippen LogP contribution in [0.5, 0.6) is 11.5 Å². The van der Waals surface area contributed by atoms with Gasteiger partial charge in [-0.05, 0) is 30.7 Å². The van der Waals surface area contributed by atoms with Crippen molar-refractivity contribution in [3.8, 4) is 11.5 Å². The SMILES string of the molecule is CS(=O)(=O)N(CCCC(=O)NCC1COc2ccccc2O1)c1ccc(F)c(F)c1. The van der Waals surface area contributed by atoms with Crippen molar-refractivity contribution in [2.24, 2.45) is 0 Å². The first-order valence-electron chi connectivity index (χ1n) is 9.32. The van der Waals surface area contributed by atoms with Crippen LogP contribution >= 0.6 is 0 Å². The van der Waals surface area contributed by atoms with Crippen molar-refractivity contribution in [1.29, 1.82) is 0 Å². The molecular formula is C20H22F2N2O5S. The largest absolute Gasteiger partial charge is 0.486 e. The van der Waals surface area contributed by atoms with Gasteiger partial charge in [0.15, 0.2) is 23.1 Å². The third-order valence-electron chi connectivity index (χ3n) is 4.45. The average Bonchev–Trinajstić information content (AvgIpc) is 2.71. The maximum absolute atomic E-state index is 13.5. The summed E-state index contributed by atoms with van der Waals surface area (Å²) in [4.78, 5) is 12.1. The molecule has 1 aliphatic rings. The fourth-order valence-electron chi connectivity index (χ4n) is 2.99. The molecule has 1 amide bonds. The second-order valence-corrected chi connectivity index (χ2v) is 8.75. The van der Waals surface area contributed by atoms with E-state index < -0.39 is 21.7 Å². The molecule has 2 aromatic rings. The van der Waals surface area contributed by atoms with Crippen molar-refractivity contribution < 1.29 is 31.5 Å². The van der Waals surface area contributed by atoms with E-state index in [1.165, 1.54) is 6.07 Å². The van der Waals surface area contributed by atoms with Gasteiger partial charge >= 0.3 is 0 Å². The molecular weight excluding hydrogens is 418 g/mol. The summed E-state index contributed by atoms with van der Waals surface area (Å²) in [6.07, 6.45) is 0.883. The van der Waals surface area contributed by atoms with Gasteiger partial charge in [-0.3, -0.25) is 9.10 Å². The van der Waals surface area contributed by atoms with E-state index in [-0.39, 0.29) is 43.6 Å². The normalized spacial score (nSPS) is 15.5. The van der Waals surface area contributed by atoms with Crippen LogP contribution in [-0.2, 0) is 14.8 Å². The lowest BCUT2D eigenvalue weighted by Gasteiger charge is -2.26. The third-order valence-corrected chi connectivity index (χ3v) is 5.65. The van der Waals surface area contributed by atoms with E-state index in [0.29, 0.717) is 18.1 Å². The molecule has 0 aromatic heterocycles. The molecule has 30 heavy (non-hydrogen) atoms. The zero-order chi connectivity index (χ0) is 21.7. The van der Waals surface area contributed by atoms with Crippen molar-refractivity contribution in [3.63, 3.8) is 0 Å². The van der Waals surface area contributed by atoms with Gasteiger partial charge in [0.1, 0.15) is 12.7 Å². The van der Waals surface area contributed by atoms with Gasteiger partial charge in [-0.2, -0.15) is 0 Å². The molecule has 0 bridgehead atoms. The second kappa shape index (κ2) is 9.29. The highest BCUT2D eigenvalue weighted by molar-refractivity contribution is 7.92. The van der Waals surface area contributed by atoms with Crippen LogP contribution in [0.15, 0.2) is 42.5 Å². The van der Waals surface area contributed by atoms with Gasteiger partial charge in [0, 0.05) is 19.0 Å².